The molecular formula is C35H73O6P. The van der Waals surface area contributed by atoms with Crippen molar-refractivity contribution in [2.75, 3.05) is 26.4 Å². The topological polar surface area (TPSA) is 85.2 Å². The van der Waals surface area contributed by atoms with Gasteiger partial charge in [-0.05, 0) is 12.8 Å². The summed E-state index contributed by atoms with van der Waals surface area (Å²) in [5, 5.41) is 0. The Morgan fingerprint density at radius 2 is 0.762 bits per heavy atom. The lowest BCUT2D eigenvalue weighted by Crippen LogP contribution is -2.26. The molecular weight excluding hydrogens is 547 g/mol. The van der Waals surface area contributed by atoms with Gasteiger partial charge in [0.05, 0.1) is 13.2 Å². The lowest BCUT2D eigenvalue weighted by atomic mass is 10.0. The van der Waals surface area contributed by atoms with E-state index in [2.05, 4.69) is 13.8 Å². The molecule has 0 spiro atoms. The minimum absolute atomic E-state index is 0.137. The molecule has 0 aromatic carbocycles. The SMILES string of the molecule is CCCCCCCCCCCCCCCCOC[C@@H](COP(=O)(O)O)OCCCCCCCCCCCCCCCC. The molecule has 7 heteroatoms. The fraction of sp³-hybridized carbons (Fsp3) is 1.00. The standard InChI is InChI=1S/C35H73O6P/c1-3-5-7-9-11-13-15-17-19-21-23-25-27-29-31-39-33-35(34-41-42(36,37)38)40-32-30-28-26-24-22-20-18-16-14-12-10-8-6-4-2/h35H,3-34H2,1-2H3,(H2,36,37,38)/t35-/m0/s1. The van der Waals surface area contributed by atoms with Gasteiger partial charge in [0.15, 0.2) is 0 Å². The summed E-state index contributed by atoms with van der Waals surface area (Å²) >= 11 is 0. The molecule has 0 bridgehead atoms. The van der Waals surface area contributed by atoms with Crippen LogP contribution >= 0.6 is 7.82 Å². The van der Waals surface area contributed by atoms with E-state index in [0.717, 1.165) is 19.3 Å². The van der Waals surface area contributed by atoms with Gasteiger partial charge in [0, 0.05) is 13.2 Å². The van der Waals surface area contributed by atoms with Crippen molar-refractivity contribution in [1.29, 1.82) is 0 Å². The van der Waals surface area contributed by atoms with Crippen LogP contribution in [0.4, 0.5) is 0 Å². The molecule has 0 aliphatic carbocycles. The van der Waals surface area contributed by atoms with Gasteiger partial charge in [0.2, 0.25) is 0 Å². The molecule has 0 fully saturated rings. The van der Waals surface area contributed by atoms with E-state index in [0.29, 0.717) is 19.8 Å². The molecule has 1 atom stereocenters. The van der Waals surface area contributed by atoms with E-state index < -0.39 is 13.9 Å². The maximum Gasteiger partial charge on any atom is 0.469 e. The fourth-order valence-corrected chi connectivity index (χ4v) is 5.85. The Balaban J connectivity index is 3.65. The Hall–Kier alpha value is 0.0300. The van der Waals surface area contributed by atoms with Crippen LogP contribution in [0.5, 0.6) is 0 Å². The number of rotatable bonds is 36. The van der Waals surface area contributed by atoms with Gasteiger partial charge < -0.3 is 19.3 Å². The molecule has 254 valence electrons. The monoisotopic (exact) mass is 621 g/mol. The maximum atomic E-state index is 11.1. The first-order valence-electron chi connectivity index (χ1n) is 18.4. The molecule has 0 saturated heterocycles. The third kappa shape index (κ3) is 36.2. The van der Waals surface area contributed by atoms with Gasteiger partial charge in [-0.2, -0.15) is 0 Å². The van der Waals surface area contributed by atoms with E-state index in [-0.39, 0.29) is 6.61 Å². The van der Waals surface area contributed by atoms with Crippen molar-refractivity contribution in [2.45, 2.75) is 200 Å². The molecule has 0 radical (unpaired) electrons. The highest BCUT2D eigenvalue weighted by Crippen LogP contribution is 2.35. The second kappa shape index (κ2) is 33.9. The quantitative estimate of drug-likeness (QED) is 0.0535. The van der Waals surface area contributed by atoms with Crippen LogP contribution in [-0.2, 0) is 18.6 Å². The molecule has 0 heterocycles. The minimum Gasteiger partial charge on any atom is -0.379 e. The van der Waals surface area contributed by atoms with Crippen molar-refractivity contribution in [3.05, 3.63) is 0 Å². The van der Waals surface area contributed by atoms with Crippen molar-refractivity contribution >= 4 is 7.82 Å². The average Bonchev–Trinajstić information content (AvgIpc) is 2.96. The average molecular weight is 621 g/mol. The maximum absolute atomic E-state index is 11.1. The van der Waals surface area contributed by atoms with Crippen LogP contribution < -0.4 is 0 Å². The molecule has 0 amide bonds. The summed E-state index contributed by atoms with van der Waals surface area (Å²) in [6, 6.07) is 0. The van der Waals surface area contributed by atoms with Crippen LogP contribution in [0.15, 0.2) is 0 Å². The van der Waals surface area contributed by atoms with Crippen molar-refractivity contribution in [1.82, 2.24) is 0 Å². The zero-order valence-corrected chi connectivity index (χ0v) is 29.1. The second-order valence-corrected chi connectivity index (χ2v) is 13.8. The Bertz CT molecular complexity index is 556. The Kier molecular flexibility index (Phi) is 33.9. The summed E-state index contributed by atoms with van der Waals surface area (Å²) in [6.07, 6.45) is 36.5. The summed E-state index contributed by atoms with van der Waals surface area (Å²) in [5.41, 5.74) is 0. The van der Waals surface area contributed by atoms with Crippen LogP contribution in [0.2, 0.25) is 0 Å². The third-order valence-electron chi connectivity index (χ3n) is 8.23. The number of phosphoric acid groups is 1. The van der Waals surface area contributed by atoms with E-state index >= 15 is 0 Å². The first-order chi connectivity index (χ1) is 20.5. The van der Waals surface area contributed by atoms with E-state index in [1.807, 2.05) is 0 Å². The summed E-state index contributed by atoms with van der Waals surface area (Å²) in [6.45, 7) is 5.96. The van der Waals surface area contributed by atoms with E-state index in [4.69, 9.17) is 23.8 Å². The van der Waals surface area contributed by atoms with Crippen LogP contribution in [-0.4, -0.2) is 42.3 Å². The largest absolute Gasteiger partial charge is 0.469 e. The Labute approximate surface area is 262 Å². The van der Waals surface area contributed by atoms with Crippen LogP contribution in [0, 0.1) is 0 Å². The molecule has 0 saturated carbocycles. The normalized spacial score (nSPS) is 12.8. The molecule has 0 aliphatic heterocycles. The molecule has 0 unspecified atom stereocenters. The summed E-state index contributed by atoms with van der Waals surface area (Å²) < 4.78 is 27.5. The molecule has 0 aliphatic rings. The summed E-state index contributed by atoms with van der Waals surface area (Å²) in [5.74, 6) is 0. The van der Waals surface area contributed by atoms with Gasteiger partial charge in [-0.1, -0.05) is 181 Å². The fourth-order valence-electron chi connectivity index (χ4n) is 5.48. The molecule has 6 nitrogen and oxygen atoms in total. The third-order valence-corrected chi connectivity index (χ3v) is 8.71. The van der Waals surface area contributed by atoms with Gasteiger partial charge in [0.25, 0.3) is 0 Å². The number of hydrogen-bond donors (Lipinski definition) is 2. The highest BCUT2D eigenvalue weighted by atomic mass is 31.2. The lowest BCUT2D eigenvalue weighted by molar-refractivity contribution is -0.0429. The first-order valence-corrected chi connectivity index (χ1v) is 19.9. The number of hydrogen-bond acceptors (Lipinski definition) is 4. The van der Waals surface area contributed by atoms with E-state index in [1.165, 1.54) is 161 Å². The number of phosphoric ester groups is 1. The highest BCUT2D eigenvalue weighted by molar-refractivity contribution is 7.46. The van der Waals surface area contributed by atoms with Gasteiger partial charge in [-0.3, -0.25) is 4.52 Å². The van der Waals surface area contributed by atoms with E-state index in [1.54, 1.807) is 0 Å². The van der Waals surface area contributed by atoms with Crippen molar-refractivity contribution in [3.8, 4) is 0 Å². The Morgan fingerprint density at radius 3 is 1.10 bits per heavy atom. The van der Waals surface area contributed by atoms with E-state index in [9.17, 15) is 4.57 Å². The van der Waals surface area contributed by atoms with Gasteiger partial charge >= 0.3 is 7.82 Å². The van der Waals surface area contributed by atoms with Crippen molar-refractivity contribution in [2.24, 2.45) is 0 Å². The number of unbranched alkanes of at least 4 members (excludes halogenated alkanes) is 26. The Morgan fingerprint density at radius 1 is 0.452 bits per heavy atom. The first kappa shape index (κ1) is 42.0. The predicted molar refractivity (Wildman–Crippen MR) is 179 cm³/mol. The highest BCUT2D eigenvalue weighted by Gasteiger charge is 2.19. The van der Waals surface area contributed by atoms with Gasteiger partial charge in [-0.15, -0.1) is 0 Å². The van der Waals surface area contributed by atoms with Gasteiger partial charge in [-0.25, -0.2) is 4.57 Å². The molecule has 0 aromatic heterocycles. The smallest absolute Gasteiger partial charge is 0.379 e. The zero-order chi connectivity index (χ0) is 30.8. The predicted octanol–water partition coefficient (Wildman–Crippen LogP) is 11.5. The van der Waals surface area contributed by atoms with Crippen LogP contribution in [0.1, 0.15) is 194 Å². The summed E-state index contributed by atoms with van der Waals surface area (Å²) in [7, 11) is -4.51. The molecule has 0 rings (SSSR count). The molecule has 0 aromatic rings. The number of ether oxygens (including phenoxy) is 2. The molecule has 42 heavy (non-hydrogen) atoms. The van der Waals surface area contributed by atoms with Crippen LogP contribution in [0.3, 0.4) is 0 Å². The second-order valence-electron chi connectivity index (χ2n) is 12.5. The van der Waals surface area contributed by atoms with Gasteiger partial charge in [0.1, 0.15) is 6.10 Å². The minimum atomic E-state index is -4.51. The summed E-state index contributed by atoms with van der Waals surface area (Å²) in [4.78, 5) is 18.2. The zero-order valence-electron chi connectivity index (χ0n) is 28.2. The van der Waals surface area contributed by atoms with Crippen molar-refractivity contribution in [3.63, 3.8) is 0 Å². The van der Waals surface area contributed by atoms with Crippen LogP contribution in [0.25, 0.3) is 0 Å². The molecule has 2 N–H and O–H groups in total. The van der Waals surface area contributed by atoms with Crippen molar-refractivity contribution < 1.29 is 28.3 Å². The lowest BCUT2D eigenvalue weighted by Gasteiger charge is -2.18.